The number of thiophene rings is 1. The lowest BCUT2D eigenvalue weighted by Gasteiger charge is -2.20. The molecule has 0 saturated heterocycles. The fraction of sp³-hybridized carbons (Fsp3) is 0.412. The van der Waals surface area contributed by atoms with Gasteiger partial charge in [0.05, 0.1) is 10.9 Å². The third-order valence-corrected chi connectivity index (χ3v) is 5.16. The normalized spacial score (nSPS) is 14.4. The van der Waals surface area contributed by atoms with E-state index >= 15 is 0 Å². The van der Waals surface area contributed by atoms with Crippen molar-refractivity contribution >= 4 is 28.6 Å². The number of nitrogens with zero attached hydrogens (tertiary/aromatic N) is 1. The first-order valence-electron chi connectivity index (χ1n) is 7.40. The molecule has 1 saturated carbocycles. The highest BCUT2D eigenvalue weighted by molar-refractivity contribution is 7.16. The topological polar surface area (TPSA) is 15.3 Å². The molecular weight excluding hydrogens is 300 g/mol. The van der Waals surface area contributed by atoms with Crippen molar-refractivity contribution in [3.63, 3.8) is 0 Å². The number of hydrogen-bond acceptors (Lipinski definition) is 3. The van der Waals surface area contributed by atoms with Crippen LogP contribution in [0.3, 0.4) is 0 Å². The lowest BCUT2D eigenvalue weighted by atomic mass is 10.1. The molecule has 1 aromatic heterocycles. The Balaban J connectivity index is 1.65. The van der Waals surface area contributed by atoms with Crippen molar-refractivity contribution in [1.29, 1.82) is 0 Å². The molecule has 1 aromatic carbocycles. The average Bonchev–Trinajstić information content (AvgIpc) is 3.20. The minimum absolute atomic E-state index is 0.760. The van der Waals surface area contributed by atoms with E-state index in [1.165, 1.54) is 34.5 Å². The summed E-state index contributed by atoms with van der Waals surface area (Å²) in [6, 6.07) is 11.6. The smallest absolute Gasteiger partial charge is 0.0931 e. The lowest BCUT2D eigenvalue weighted by Crippen LogP contribution is -2.18. The number of halogens is 1. The Morgan fingerprint density at radius 2 is 2.10 bits per heavy atom. The molecular formula is C17H21ClN2S. The van der Waals surface area contributed by atoms with Gasteiger partial charge in [-0.3, -0.25) is 0 Å². The van der Waals surface area contributed by atoms with Crippen LogP contribution in [0.1, 0.15) is 28.8 Å². The summed E-state index contributed by atoms with van der Waals surface area (Å²) in [4.78, 5) is 3.56. The van der Waals surface area contributed by atoms with E-state index in [1.807, 2.05) is 6.07 Å². The van der Waals surface area contributed by atoms with Crippen molar-refractivity contribution in [1.82, 2.24) is 5.32 Å². The van der Waals surface area contributed by atoms with Gasteiger partial charge in [-0.05, 0) is 55.2 Å². The molecule has 0 aliphatic heterocycles. The van der Waals surface area contributed by atoms with Crippen molar-refractivity contribution in [2.75, 3.05) is 11.9 Å². The van der Waals surface area contributed by atoms with Gasteiger partial charge in [-0.2, -0.15) is 0 Å². The Hall–Kier alpha value is -1.03. The van der Waals surface area contributed by atoms with Crippen LogP contribution in [-0.4, -0.2) is 13.1 Å². The summed E-state index contributed by atoms with van der Waals surface area (Å²) in [5.74, 6) is 0. The van der Waals surface area contributed by atoms with Crippen molar-refractivity contribution < 1.29 is 0 Å². The van der Waals surface area contributed by atoms with Crippen LogP contribution in [0.4, 0.5) is 5.69 Å². The molecule has 21 heavy (non-hydrogen) atoms. The quantitative estimate of drug-likeness (QED) is 0.837. The molecule has 1 aliphatic rings. The van der Waals surface area contributed by atoms with Gasteiger partial charge in [-0.15, -0.1) is 11.3 Å². The summed E-state index contributed by atoms with van der Waals surface area (Å²) in [6.07, 6.45) is 2.67. The third-order valence-electron chi connectivity index (χ3n) is 3.95. The first kappa shape index (κ1) is 14.9. The number of hydrogen-bond donors (Lipinski definition) is 1. The molecule has 0 unspecified atom stereocenters. The summed E-state index contributed by atoms with van der Waals surface area (Å²) in [6.45, 7) is 4.08. The van der Waals surface area contributed by atoms with Gasteiger partial charge < -0.3 is 10.2 Å². The van der Waals surface area contributed by atoms with Gasteiger partial charge in [0, 0.05) is 30.2 Å². The molecule has 3 rings (SSSR count). The van der Waals surface area contributed by atoms with Crippen molar-refractivity contribution in [2.24, 2.45) is 0 Å². The van der Waals surface area contributed by atoms with Gasteiger partial charge in [0.1, 0.15) is 0 Å². The van der Waals surface area contributed by atoms with Gasteiger partial charge in [0.15, 0.2) is 0 Å². The van der Waals surface area contributed by atoms with Crippen LogP contribution in [0.2, 0.25) is 4.34 Å². The maximum atomic E-state index is 5.99. The van der Waals surface area contributed by atoms with Gasteiger partial charge in [-0.1, -0.05) is 17.7 Å². The summed E-state index contributed by atoms with van der Waals surface area (Å²) in [7, 11) is 2.13. The molecule has 0 bridgehead atoms. The molecule has 1 N–H and O–H groups in total. The largest absolute Gasteiger partial charge is 0.369 e. The molecule has 2 aromatic rings. The van der Waals surface area contributed by atoms with E-state index in [9.17, 15) is 0 Å². The Morgan fingerprint density at radius 1 is 1.29 bits per heavy atom. The van der Waals surface area contributed by atoms with E-state index < -0.39 is 0 Å². The molecule has 0 atom stereocenters. The van der Waals surface area contributed by atoms with Gasteiger partial charge in [0.25, 0.3) is 0 Å². The highest BCUT2D eigenvalue weighted by Crippen LogP contribution is 2.26. The van der Waals surface area contributed by atoms with E-state index in [0.29, 0.717) is 0 Å². The lowest BCUT2D eigenvalue weighted by molar-refractivity contribution is 0.685. The molecule has 1 fully saturated rings. The number of aryl methyl sites for hydroxylation is 1. The number of nitrogens with one attached hydrogen (secondary N) is 1. The van der Waals surface area contributed by atoms with Crippen LogP contribution in [0, 0.1) is 6.92 Å². The molecule has 0 spiro atoms. The maximum absolute atomic E-state index is 5.99. The summed E-state index contributed by atoms with van der Waals surface area (Å²) in [5.41, 5.74) is 4.02. The third kappa shape index (κ3) is 4.00. The average molecular weight is 321 g/mol. The zero-order chi connectivity index (χ0) is 14.8. The van der Waals surface area contributed by atoms with Crippen LogP contribution < -0.4 is 10.2 Å². The predicted octanol–water partition coefficient (Wildman–Crippen LogP) is 4.60. The monoisotopic (exact) mass is 320 g/mol. The molecule has 2 nitrogen and oxygen atoms in total. The van der Waals surface area contributed by atoms with E-state index in [0.717, 1.165) is 23.5 Å². The standard InChI is InChI=1S/C17H21ClN2S/c1-12-9-15(6-3-13(12)10-19-14-4-5-14)20(2)11-16-7-8-17(18)21-16/h3,6-9,14,19H,4-5,10-11H2,1-2H3. The van der Waals surface area contributed by atoms with E-state index in [2.05, 4.69) is 48.5 Å². The first-order valence-corrected chi connectivity index (χ1v) is 8.59. The highest BCUT2D eigenvalue weighted by atomic mass is 35.5. The zero-order valence-electron chi connectivity index (χ0n) is 12.5. The minimum Gasteiger partial charge on any atom is -0.369 e. The van der Waals surface area contributed by atoms with Crippen molar-refractivity contribution in [3.8, 4) is 0 Å². The number of anilines is 1. The summed E-state index contributed by atoms with van der Waals surface area (Å²) in [5, 5.41) is 3.58. The Kier molecular flexibility index (Phi) is 4.53. The molecule has 0 amide bonds. The second kappa shape index (κ2) is 6.39. The summed E-state index contributed by atoms with van der Waals surface area (Å²) < 4.78 is 0.857. The van der Waals surface area contributed by atoms with Crippen LogP contribution in [0.15, 0.2) is 30.3 Å². The molecule has 112 valence electrons. The molecule has 1 heterocycles. The van der Waals surface area contributed by atoms with E-state index in [4.69, 9.17) is 11.6 Å². The van der Waals surface area contributed by atoms with Gasteiger partial charge in [0.2, 0.25) is 0 Å². The Bertz CT molecular complexity index is 619. The second-order valence-corrected chi connectivity index (χ2v) is 7.63. The fourth-order valence-corrected chi connectivity index (χ4v) is 3.56. The van der Waals surface area contributed by atoms with E-state index in [1.54, 1.807) is 11.3 Å². The van der Waals surface area contributed by atoms with E-state index in [-0.39, 0.29) is 0 Å². The van der Waals surface area contributed by atoms with Crippen LogP contribution in [0.5, 0.6) is 0 Å². The highest BCUT2D eigenvalue weighted by Gasteiger charge is 2.20. The van der Waals surface area contributed by atoms with Gasteiger partial charge >= 0.3 is 0 Å². The van der Waals surface area contributed by atoms with Gasteiger partial charge in [-0.25, -0.2) is 0 Å². The zero-order valence-corrected chi connectivity index (χ0v) is 14.1. The van der Waals surface area contributed by atoms with Crippen LogP contribution in [-0.2, 0) is 13.1 Å². The summed E-state index contributed by atoms with van der Waals surface area (Å²) >= 11 is 7.64. The molecule has 1 aliphatic carbocycles. The fourth-order valence-electron chi connectivity index (χ4n) is 2.42. The van der Waals surface area contributed by atoms with Crippen molar-refractivity contribution in [2.45, 2.75) is 38.9 Å². The number of rotatable bonds is 6. The Morgan fingerprint density at radius 3 is 2.71 bits per heavy atom. The SMILES string of the molecule is Cc1cc(N(C)Cc2ccc(Cl)s2)ccc1CNC1CC1. The Labute approximate surface area is 135 Å². The minimum atomic E-state index is 0.760. The predicted molar refractivity (Wildman–Crippen MR) is 92.5 cm³/mol. The second-order valence-electron chi connectivity index (χ2n) is 5.83. The number of benzene rings is 1. The van der Waals surface area contributed by atoms with Crippen LogP contribution in [0.25, 0.3) is 0 Å². The maximum Gasteiger partial charge on any atom is 0.0931 e. The van der Waals surface area contributed by atoms with Crippen molar-refractivity contribution in [3.05, 3.63) is 50.7 Å². The molecule has 4 heteroatoms. The first-order chi connectivity index (χ1) is 10.1. The molecule has 0 radical (unpaired) electrons. The van der Waals surface area contributed by atoms with Crippen LogP contribution >= 0.6 is 22.9 Å².